The van der Waals surface area contributed by atoms with Gasteiger partial charge in [-0.15, -0.1) is 0 Å². The van der Waals surface area contributed by atoms with Crippen molar-refractivity contribution < 1.29 is 9.32 Å². The van der Waals surface area contributed by atoms with Crippen LogP contribution in [0, 0.1) is 6.92 Å². The van der Waals surface area contributed by atoms with E-state index in [-0.39, 0.29) is 5.91 Å². The largest absolute Gasteiger partial charge is 0.370 e. The van der Waals surface area contributed by atoms with Gasteiger partial charge in [-0.3, -0.25) is 4.79 Å². The lowest BCUT2D eigenvalue weighted by molar-refractivity contribution is 0.102. The third-order valence-electron chi connectivity index (χ3n) is 4.27. The van der Waals surface area contributed by atoms with Crippen LogP contribution in [-0.2, 0) is 6.42 Å². The van der Waals surface area contributed by atoms with Crippen LogP contribution < -0.4 is 10.6 Å². The van der Waals surface area contributed by atoms with E-state index in [1.165, 1.54) is 17.1 Å². The highest BCUT2D eigenvalue weighted by Gasteiger charge is 2.09. The summed E-state index contributed by atoms with van der Waals surface area (Å²) in [6, 6.07) is 13.4. The fourth-order valence-corrected chi connectivity index (χ4v) is 2.91. The van der Waals surface area contributed by atoms with Crippen molar-refractivity contribution in [2.45, 2.75) is 13.3 Å². The summed E-state index contributed by atoms with van der Waals surface area (Å²) in [6.07, 6.45) is 4.45. The first-order valence-corrected chi connectivity index (χ1v) is 8.68. The summed E-state index contributed by atoms with van der Waals surface area (Å²) in [5, 5.41) is 10.9. The lowest BCUT2D eigenvalue weighted by Gasteiger charge is -2.06. The molecule has 1 aromatic carbocycles. The molecule has 0 spiro atoms. The third kappa shape index (κ3) is 3.82. The molecule has 0 aliphatic carbocycles. The van der Waals surface area contributed by atoms with Crippen LogP contribution in [0.2, 0.25) is 0 Å². The van der Waals surface area contributed by atoms with Crippen LogP contribution in [0.5, 0.6) is 0 Å². The van der Waals surface area contributed by atoms with Crippen LogP contribution in [0.15, 0.2) is 59.4 Å². The Morgan fingerprint density at radius 2 is 2.07 bits per heavy atom. The Hall–Kier alpha value is -3.61. The van der Waals surface area contributed by atoms with Gasteiger partial charge in [-0.2, -0.15) is 0 Å². The number of pyridine rings is 1. The van der Waals surface area contributed by atoms with Crippen molar-refractivity contribution in [3.8, 4) is 0 Å². The van der Waals surface area contributed by atoms with Gasteiger partial charge in [0.15, 0.2) is 5.82 Å². The number of amides is 1. The minimum absolute atomic E-state index is 0.277. The quantitative estimate of drug-likeness (QED) is 0.486. The van der Waals surface area contributed by atoms with Crippen molar-refractivity contribution in [1.29, 1.82) is 0 Å². The molecule has 7 nitrogen and oxygen atoms in total. The number of anilines is 2. The molecule has 0 aliphatic heterocycles. The Morgan fingerprint density at radius 3 is 2.85 bits per heavy atom. The van der Waals surface area contributed by atoms with Gasteiger partial charge in [0.25, 0.3) is 5.91 Å². The average Bonchev–Trinajstić information content (AvgIpc) is 3.28. The third-order valence-corrected chi connectivity index (χ3v) is 4.27. The number of H-pyrrole nitrogens is 1. The van der Waals surface area contributed by atoms with Crippen LogP contribution in [0.25, 0.3) is 10.9 Å². The molecule has 0 saturated heterocycles. The first-order valence-electron chi connectivity index (χ1n) is 8.68. The number of para-hydroxylation sites is 1. The summed E-state index contributed by atoms with van der Waals surface area (Å²) in [5.41, 5.74) is 2.86. The lowest BCUT2D eigenvalue weighted by Crippen LogP contribution is -2.13. The minimum Gasteiger partial charge on any atom is -0.370 e. The molecule has 0 unspecified atom stereocenters. The monoisotopic (exact) mass is 361 g/mol. The number of fused-ring (bicyclic) bond motifs is 1. The second-order valence-electron chi connectivity index (χ2n) is 6.25. The molecule has 3 N–H and O–H groups in total. The molecule has 0 saturated carbocycles. The zero-order chi connectivity index (χ0) is 18.6. The molecule has 27 heavy (non-hydrogen) atoms. The average molecular weight is 361 g/mol. The Kier molecular flexibility index (Phi) is 4.57. The van der Waals surface area contributed by atoms with Gasteiger partial charge in [0.05, 0.1) is 5.56 Å². The Bertz CT molecular complexity index is 1070. The van der Waals surface area contributed by atoms with E-state index in [2.05, 4.69) is 37.9 Å². The highest BCUT2D eigenvalue weighted by Crippen LogP contribution is 2.18. The normalized spacial score (nSPS) is 10.9. The Labute approximate surface area is 155 Å². The van der Waals surface area contributed by atoms with Crippen LogP contribution in [0.4, 0.5) is 11.6 Å². The summed E-state index contributed by atoms with van der Waals surface area (Å²) in [7, 11) is 0. The van der Waals surface area contributed by atoms with Gasteiger partial charge in [0.1, 0.15) is 11.6 Å². The van der Waals surface area contributed by atoms with E-state index in [0.29, 0.717) is 17.1 Å². The van der Waals surface area contributed by atoms with E-state index in [4.69, 9.17) is 4.52 Å². The predicted octanol–water partition coefficient (Wildman–Crippen LogP) is 3.77. The van der Waals surface area contributed by atoms with Crippen LogP contribution in [0.3, 0.4) is 0 Å². The fraction of sp³-hybridized carbons (Fsp3) is 0.150. The summed E-state index contributed by atoms with van der Waals surface area (Å²) in [4.78, 5) is 19.8. The summed E-state index contributed by atoms with van der Waals surface area (Å²) in [5.74, 6) is 1.47. The number of nitrogens with zero attached hydrogens (tertiary/aromatic N) is 2. The summed E-state index contributed by atoms with van der Waals surface area (Å²) in [6.45, 7) is 2.51. The van der Waals surface area contributed by atoms with Gasteiger partial charge < -0.3 is 20.1 Å². The number of hydrogen-bond donors (Lipinski definition) is 3. The number of rotatable bonds is 6. The maximum absolute atomic E-state index is 12.2. The van der Waals surface area contributed by atoms with E-state index in [1.807, 2.05) is 18.3 Å². The number of aromatic nitrogens is 3. The molecule has 1 amide bonds. The number of aromatic amines is 1. The molecular formula is C20H19N5O2. The second-order valence-corrected chi connectivity index (χ2v) is 6.25. The van der Waals surface area contributed by atoms with Gasteiger partial charge >= 0.3 is 0 Å². The molecule has 3 aromatic heterocycles. The smallest absolute Gasteiger partial charge is 0.258 e. The molecule has 4 aromatic rings. The van der Waals surface area contributed by atoms with E-state index < -0.39 is 0 Å². The number of nitrogens with one attached hydrogen (secondary N) is 3. The highest BCUT2D eigenvalue weighted by molar-refractivity contribution is 6.03. The van der Waals surface area contributed by atoms with Crippen molar-refractivity contribution in [2.24, 2.45) is 0 Å². The van der Waals surface area contributed by atoms with Crippen LogP contribution in [0.1, 0.15) is 21.7 Å². The lowest BCUT2D eigenvalue weighted by atomic mass is 10.1. The molecule has 0 fully saturated rings. The Morgan fingerprint density at radius 1 is 1.19 bits per heavy atom. The molecule has 0 atom stereocenters. The number of carbonyl (C=O) groups excluding carboxylic acids is 1. The summed E-state index contributed by atoms with van der Waals surface area (Å²) >= 11 is 0. The fourth-order valence-electron chi connectivity index (χ4n) is 2.91. The predicted molar refractivity (Wildman–Crippen MR) is 104 cm³/mol. The van der Waals surface area contributed by atoms with Gasteiger partial charge in [0.2, 0.25) is 0 Å². The second kappa shape index (κ2) is 7.33. The summed E-state index contributed by atoms with van der Waals surface area (Å²) < 4.78 is 4.93. The SMILES string of the molecule is Cc1cc(NC(=O)c2ccc(NCCc3c[nH]c4ccccc34)nc2)no1. The van der Waals surface area contributed by atoms with E-state index in [0.717, 1.165) is 24.3 Å². The van der Waals surface area contributed by atoms with Gasteiger partial charge in [0, 0.05) is 35.9 Å². The first-order chi connectivity index (χ1) is 13.2. The molecule has 0 radical (unpaired) electrons. The number of carbonyl (C=O) groups is 1. The van der Waals surface area contributed by atoms with E-state index in [9.17, 15) is 4.79 Å². The van der Waals surface area contributed by atoms with Crippen molar-refractivity contribution >= 4 is 28.4 Å². The van der Waals surface area contributed by atoms with Crippen molar-refractivity contribution in [2.75, 3.05) is 17.2 Å². The molecular weight excluding hydrogens is 342 g/mol. The van der Waals surface area contributed by atoms with Crippen molar-refractivity contribution in [3.63, 3.8) is 0 Å². The van der Waals surface area contributed by atoms with Crippen LogP contribution >= 0.6 is 0 Å². The molecule has 0 aliphatic rings. The highest BCUT2D eigenvalue weighted by atomic mass is 16.5. The molecule has 4 rings (SSSR count). The zero-order valence-electron chi connectivity index (χ0n) is 14.8. The molecule has 3 heterocycles. The Balaban J connectivity index is 1.33. The van der Waals surface area contributed by atoms with Crippen molar-refractivity contribution in [3.05, 3.63) is 71.7 Å². The molecule has 0 bridgehead atoms. The number of hydrogen-bond acceptors (Lipinski definition) is 5. The topological polar surface area (TPSA) is 95.8 Å². The van der Waals surface area contributed by atoms with Gasteiger partial charge in [-0.05, 0) is 37.1 Å². The van der Waals surface area contributed by atoms with E-state index in [1.54, 1.807) is 25.1 Å². The number of aryl methyl sites for hydroxylation is 1. The number of benzene rings is 1. The van der Waals surface area contributed by atoms with Crippen LogP contribution in [-0.4, -0.2) is 27.6 Å². The zero-order valence-corrected chi connectivity index (χ0v) is 14.8. The molecule has 7 heteroatoms. The minimum atomic E-state index is -0.277. The standard InChI is InChI=1S/C20H19N5O2/c1-13-10-19(25-27-13)24-20(26)15-6-7-18(23-12-15)21-9-8-14-11-22-17-5-3-2-4-16(14)17/h2-7,10-12,22H,8-9H2,1H3,(H,21,23)(H,24,25,26). The van der Waals surface area contributed by atoms with Gasteiger partial charge in [-0.1, -0.05) is 23.4 Å². The maximum Gasteiger partial charge on any atom is 0.258 e. The van der Waals surface area contributed by atoms with Crippen molar-refractivity contribution in [1.82, 2.24) is 15.1 Å². The first kappa shape index (κ1) is 16.8. The molecule has 136 valence electrons. The van der Waals surface area contributed by atoms with Gasteiger partial charge in [-0.25, -0.2) is 4.98 Å². The maximum atomic E-state index is 12.2. The van der Waals surface area contributed by atoms with E-state index >= 15 is 0 Å².